The van der Waals surface area contributed by atoms with E-state index in [0.29, 0.717) is 18.1 Å². The lowest BCUT2D eigenvalue weighted by atomic mass is 10.2. The largest absolute Gasteiger partial charge is 0.349 e. The SMILES string of the molecule is CCC1CC1NC(=O)c1cc(S(=O)(=O)Cl)c(F)cc1F. The minimum Gasteiger partial charge on any atom is -0.349 e. The Morgan fingerprint density at radius 1 is 1.40 bits per heavy atom. The van der Waals surface area contributed by atoms with Crippen LogP contribution in [-0.2, 0) is 9.05 Å². The summed E-state index contributed by atoms with van der Waals surface area (Å²) in [5.74, 6) is -2.88. The Kier molecular flexibility index (Phi) is 4.02. The molecule has 0 aliphatic heterocycles. The van der Waals surface area contributed by atoms with E-state index in [4.69, 9.17) is 10.7 Å². The lowest BCUT2D eigenvalue weighted by Gasteiger charge is -2.07. The average molecular weight is 324 g/mol. The summed E-state index contributed by atoms with van der Waals surface area (Å²) in [7, 11) is 0.651. The number of benzene rings is 1. The van der Waals surface area contributed by atoms with Crippen molar-refractivity contribution in [2.75, 3.05) is 0 Å². The highest BCUT2D eigenvalue weighted by Gasteiger charge is 2.37. The molecule has 110 valence electrons. The molecule has 1 N–H and O–H groups in total. The van der Waals surface area contributed by atoms with Crippen molar-refractivity contribution in [2.24, 2.45) is 5.92 Å². The summed E-state index contributed by atoms with van der Waals surface area (Å²) in [6, 6.07) is 0.910. The third kappa shape index (κ3) is 3.09. The monoisotopic (exact) mass is 323 g/mol. The van der Waals surface area contributed by atoms with Crippen LogP contribution in [0, 0.1) is 17.6 Å². The van der Waals surface area contributed by atoms with Gasteiger partial charge < -0.3 is 5.32 Å². The van der Waals surface area contributed by atoms with E-state index in [1.165, 1.54) is 0 Å². The lowest BCUT2D eigenvalue weighted by Crippen LogP contribution is -2.28. The number of carbonyl (C=O) groups excluding carboxylic acids is 1. The first-order chi connectivity index (χ1) is 9.24. The Labute approximate surface area is 119 Å². The van der Waals surface area contributed by atoms with Crippen molar-refractivity contribution in [1.29, 1.82) is 0 Å². The van der Waals surface area contributed by atoms with Crippen LogP contribution >= 0.6 is 10.7 Å². The van der Waals surface area contributed by atoms with Gasteiger partial charge in [-0.3, -0.25) is 4.79 Å². The van der Waals surface area contributed by atoms with Gasteiger partial charge >= 0.3 is 0 Å². The van der Waals surface area contributed by atoms with Crippen LogP contribution in [0.25, 0.3) is 0 Å². The molecule has 0 saturated heterocycles. The minimum atomic E-state index is -4.38. The molecule has 1 aliphatic rings. The van der Waals surface area contributed by atoms with E-state index in [9.17, 15) is 22.0 Å². The van der Waals surface area contributed by atoms with Gasteiger partial charge in [0.05, 0.1) is 5.56 Å². The van der Waals surface area contributed by atoms with Crippen LogP contribution in [0.3, 0.4) is 0 Å². The molecular weight excluding hydrogens is 312 g/mol. The van der Waals surface area contributed by atoms with E-state index in [2.05, 4.69) is 5.32 Å². The molecule has 1 aromatic carbocycles. The van der Waals surface area contributed by atoms with E-state index in [1.807, 2.05) is 6.92 Å². The first-order valence-electron chi connectivity index (χ1n) is 5.98. The molecule has 1 saturated carbocycles. The van der Waals surface area contributed by atoms with E-state index in [0.717, 1.165) is 12.8 Å². The number of carbonyl (C=O) groups is 1. The highest BCUT2D eigenvalue weighted by molar-refractivity contribution is 8.13. The summed E-state index contributed by atoms with van der Waals surface area (Å²) in [6.45, 7) is 1.97. The normalized spacial score (nSPS) is 21.6. The quantitative estimate of drug-likeness (QED) is 0.866. The molecule has 0 aromatic heterocycles. The highest BCUT2D eigenvalue weighted by Crippen LogP contribution is 2.33. The van der Waals surface area contributed by atoms with E-state index < -0.39 is 37.1 Å². The van der Waals surface area contributed by atoms with Crippen molar-refractivity contribution < 1.29 is 22.0 Å². The molecule has 1 fully saturated rings. The zero-order valence-corrected chi connectivity index (χ0v) is 12.1. The van der Waals surface area contributed by atoms with Gasteiger partial charge in [0, 0.05) is 22.8 Å². The van der Waals surface area contributed by atoms with E-state index in [-0.39, 0.29) is 6.04 Å². The number of halogens is 3. The van der Waals surface area contributed by atoms with Gasteiger partial charge in [0.25, 0.3) is 15.0 Å². The van der Waals surface area contributed by atoms with Crippen LogP contribution in [0.4, 0.5) is 8.78 Å². The molecule has 8 heteroatoms. The molecule has 2 rings (SSSR count). The van der Waals surface area contributed by atoms with Crippen LogP contribution in [0.1, 0.15) is 30.1 Å². The van der Waals surface area contributed by atoms with Crippen LogP contribution < -0.4 is 5.32 Å². The van der Waals surface area contributed by atoms with Crippen molar-refractivity contribution in [1.82, 2.24) is 5.32 Å². The second-order valence-corrected chi connectivity index (χ2v) is 7.22. The molecule has 2 unspecified atom stereocenters. The molecule has 0 bridgehead atoms. The summed E-state index contributed by atoms with van der Waals surface area (Å²) in [5, 5.41) is 2.57. The molecule has 1 amide bonds. The first kappa shape index (κ1) is 15.2. The Hall–Kier alpha value is -1.21. The number of amides is 1. The Bertz CT molecular complexity index is 663. The Morgan fingerprint density at radius 3 is 2.55 bits per heavy atom. The fourth-order valence-electron chi connectivity index (χ4n) is 2.01. The zero-order chi connectivity index (χ0) is 15.1. The number of nitrogens with one attached hydrogen (secondary N) is 1. The highest BCUT2D eigenvalue weighted by atomic mass is 35.7. The van der Waals surface area contributed by atoms with Gasteiger partial charge in [-0.15, -0.1) is 0 Å². The molecule has 20 heavy (non-hydrogen) atoms. The van der Waals surface area contributed by atoms with Crippen LogP contribution in [-0.4, -0.2) is 20.4 Å². The molecule has 0 spiro atoms. The predicted molar refractivity (Wildman–Crippen MR) is 69.0 cm³/mol. The molecule has 2 atom stereocenters. The van der Waals surface area contributed by atoms with Gasteiger partial charge in [-0.05, 0) is 18.4 Å². The maximum absolute atomic E-state index is 13.6. The van der Waals surface area contributed by atoms with Crippen LogP contribution in [0.15, 0.2) is 17.0 Å². The maximum Gasteiger partial charge on any atom is 0.264 e. The molecule has 0 radical (unpaired) electrons. The number of hydrogen-bond donors (Lipinski definition) is 1. The fourth-order valence-corrected chi connectivity index (χ4v) is 2.92. The minimum absolute atomic E-state index is 0.0481. The third-order valence-corrected chi connectivity index (χ3v) is 4.63. The van der Waals surface area contributed by atoms with Crippen molar-refractivity contribution >= 4 is 25.6 Å². The smallest absolute Gasteiger partial charge is 0.264 e. The summed E-state index contributed by atoms with van der Waals surface area (Å²) in [4.78, 5) is 10.9. The summed E-state index contributed by atoms with van der Waals surface area (Å²) in [6.07, 6.45) is 1.68. The van der Waals surface area contributed by atoms with Gasteiger partial charge in [0.1, 0.15) is 16.5 Å². The van der Waals surface area contributed by atoms with E-state index >= 15 is 0 Å². The zero-order valence-electron chi connectivity index (χ0n) is 10.5. The van der Waals surface area contributed by atoms with Gasteiger partial charge in [-0.1, -0.05) is 13.3 Å². The van der Waals surface area contributed by atoms with Crippen molar-refractivity contribution in [3.63, 3.8) is 0 Å². The molecule has 1 aliphatic carbocycles. The maximum atomic E-state index is 13.6. The van der Waals surface area contributed by atoms with Crippen LogP contribution in [0.2, 0.25) is 0 Å². The van der Waals surface area contributed by atoms with Gasteiger partial charge in [0.15, 0.2) is 0 Å². The van der Waals surface area contributed by atoms with Crippen molar-refractivity contribution in [3.8, 4) is 0 Å². The van der Waals surface area contributed by atoms with Crippen molar-refractivity contribution in [3.05, 3.63) is 29.3 Å². The van der Waals surface area contributed by atoms with Crippen LogP contribution in [0.5, 0.6) is 0 Å². The Morgan fingerprint density at radius 2 is 2.05 bits per heavy atom. The second-order valence-electron chi connectivity index (χ2n) is 4.68. The molecular formula is C12H12ClF2NO3S. The number of rotatable bonds is 4. The van der Waals surface area contributed by atoms with Gasteiger partial charge in [0.2, 0.25) is 0 Å². The summed E-state index contributed by atoms with van der Waals surface area (Å²) >= 11 is 0. The topological polar surface area (TPSA) is 63.2 Å². The summed E-state index contributed by atoms with van der Waals surface area (Å²) in [5.41, 5.74) is -0.535. The predicted octanol–water partition coefficient (Wildman–Crippen LogP) is 2.42. The lowest BCUT2D eigenvalue weighted by molar-refractivity contribution is 0.0944. The molecule has 0 heterocycles. The summed E-state index contributed by atoms with van der Waals surface area (Å²) < 4.78 is 49.2. The van der Waals surface area contributed by atoms with Crippen molar-refractivity contribution in [2.45, 2.75) is 30.7 Å². The van der Waals surface area contributed by atoms with Gasteiger partial charge in [-0.25, -0.2) is 17.2 Å². The standard InChI is InChI=1S/C12H12ClF2NO3S/c1-2-6-3-10(6)16-12(17)7-4-11(20(13,18)19)9(15)5-8(7)14/h4-6,10H,2-3H2,1H3,(H,16,17). The molecule has 4 nitrogen and oxygen atoms in total. The first-order valence-corrected chi connectivity index (χ1v) is 8.29. The second kappa shape index (κ2) is 5.29. The van der Waals surface area contributed by atoms with Gasteiger partial charge in [-0.2, -0.15) is 0 Å². The fraction of sp³-hybridized carbons (Fsp3) is 0.417. The third-order valence-electron chi connectivity index (χ3n) is 3.29. The molecule has 1 aromatic rings. The number of hydrogen-bond acceptors (Lipinski definition) is 3. The average Bonchev–Trinajstić information content (AvgIpc) is 3.05. The Balaban J connectivity index is 2.30. The van der Waals surface area contributed by atoms with E-state index in [1.54, 1.807) is 0 Å².